The molecule has 0 saturated heterocycles. The van der Waals surface area contributed by atoms with Crippen LogP contribution in [0.25, 0.3) is 11.1 Å². The third-order valence-corrected chi connectivity index (χ3v) is 2.38. The molecule has 0 radical (unpaired) electrons. The lowest BCUT2D eigenvalue weighted by molar-refractivity contribution is 0.108. The van der Waals surface area contributed by atoms with Crippen molar-refractivity contribution in [1.29, 1.82) is 0 Å². The number of hydrogen-bond acceptors (Lipinski definition) is 4. The molecule has 0 aliphatic heterocycles. The summed E-state index contributed by atoms with van der Waals surface area (Å²) in [5, 5.41) is -0.515. The Bertz CT molecular complexity index is 555. The van der Waals surface area contributed by atoms with Gasteiger partial charge in [0.05, 0.1) is 5.54 Å². The lowest BCUT2D eigenvalue weighted by Gasteiger charge is -2.11. The molecule has 2 rings (SSSR count). The summed E-state index contributed by atoms with van der Waals surface area (Å²) in [4.78, 5) is 15.2. The highest BCUT2D eigenvalue weighted by Gasteiger charge is 2.21. The van der Waals surface area contributed by atoms with Crippen molar-refractivity contribution in [3.8, 4) is 0 Å². The summed E-state index contributed by atoms with van der Waals surface area (Å²) in [5.41, 5.74) is 6.79. The highest BCUT2D eigenvalue weighted by atomic mass is 35.5. The summed E-state index contributed by atoms with van der Waals surface area (Å²) in [6, 6.07) is 4.84. The van der Waals surface area contributed by atoms with Gasteiger partial charge in [0.1, 0.15) is 5.52 Å². The number of carbonyl (C=O) groups excluding carboxylic acids is 1. The van der Waals surface area contributed by atoms with E-state index in [1.807, 2.05) is 0 Å². The highest BCUT2D eigenvalue weighted by Crippen LogP contribution is 2.23. The molecule has 1 aromatic heterocycles. The average Bonchev–Trinajstić information content (AvgIpc) is 2.58. The Morgan fingerprint density at radius 1 is 1.50 bits per heavy atom. The van der Waals surface area contributed by atoms with E-state index in [1.165, 1.54) is 0 Å². The van der Waals surface area contributed by atoms with E-state index in [0.717, 1.165) is 0 Å². The average molecular weight is 239 g/mol. The fourth-order valence-corrected chi connectivity index (χ4v) is 1.44. The van der Waals surface area contributed by atoms with E-state index in [1.54, 1.807) is 32.0 Å². The maximum Gasteiger partial charge on any atom is 0.252 e. The molecular weight excluding hydrogens is 228 g/mol. The first-order valence-corrected chi connectivity index (χ1v) is 5.15. The highest BCUT2D eigenvalue weighted by molar-refractivity contribution is 6.67. The van der Waals surface area contributed by atoms with Gasteiger partial charge >= 0.3 is 0 Å². The van der Waals surface area contributed by atoms with E-state index in [0.29, 0.717) is 22.6 Å². The minimum Gasteiger partial charge on any atom is -0.439 e. The summed E-state index contributed by atoms with van der Waals surface area (Å²) < 4.78 is 5.48. The molecule has 4 nitrogen and oxygen atoms in total. The molecule has 84 valence electrons. The van der Waals surface area contributed by atoms with Crippen molar-refractivity contribution in [3.05, 3.63) is 29.7 Å². The van der Waals surface area contributed by atoms with Crippen molar-refractivity contribution in [1.82, 2.24) is 4.98 Å². The molecule has 1 aromatic carbocycles. The fraction of sp³-hybridized carbons (Fsp3) is 0.273. The number of benzene rings is 1. The first kappa shape index (κ1) is 11.1. The topological polar surface area (TPSA) is 69.1 Å². The second-order valence-corrected chi connectivity index (χ2v) is 4.54. The number of halogens is 1. The molecular formula is C11H11ClN2O2. The summed E-state index contributed by atoms with van der Waals surface area (Å²) in [5.74, 6) is 0.432. The number of rotatable bonds is 2. The Labute approximate surface area is 97.4 Å². The quantitative estimate of drug-likeness (QED) is 0.816. The van der Waals surface area contributed by atoms with E-state index in [2.05, 4.69) is 4.98 Å². The van der Waals surface area contributed by atoms with Crippen LogP contribution in [0, 0.1) is 0 Å². The Balaban J connectivity index is 2.59. The zero-order valence-electron chi connectivity index (χ0n) is 8.95. The minimum absolute atomic E-state index is 0.392. The lowest BCUT2D eigenvalue weighted by atomic mass is 10.1. The number of nitrogens with two attached hydrogens (primary N) is 1. The van der Waals surface area contributed by atoms with Gasteiger partial charge in [-0.3, -0.25) is 4.79 Å². The molecule has 0 fully saturated rings. The molecule has 5 heteroatoms. The normalized spacial score (nSPS) is 12.0. The van der Waals surface area contributed by atoms with Gasteiger partial charge in [-0.25, -0.2) is 4.98 Å². The van der Waals surface area contributed by atoms with Gasteiger partial charge in [-0.05, 0) is 43.6 Å². The molecule has 0 aliphatic rings. The van der Waals surface area contributed by atoms with Crippen molar-refractivity contribution in [3.63, 3.8) is 0 Å². The zero-order chi connectivity index (χ0) is 11.9. The molecule has 0 spiro atoms. The van der Waals surface area contributed by atoms with Crippen LogP contribution in [0.4, 0.5) is 0 Å². The molecule has 0 saturated carbocycles. The van der Waals surface area contributed by atoms with Crippen LogP contribution in [-0.2, 0) is 5.54 Å². The van der Waals surface area contributed by atoms with E-state index in [4.69, 9.17) is 21.8 Å². The van der Waals surface area contributed by atoms with Crippen LogP contribution in [0.15, 0.2) is 22.6 Å². The number of fused-ring (bicyclic) bond motifs is 1. The van der Waals surface area contributed by atoms with Gasteiger partial charge in [0, 0.05) is 5.56 Å². The molecule has 0 aliphatic carbocycles. The number of aromatic nitrogens is 1. The van der Waals surface area contributed by atoms with Crippen LogP contribution < -0.4 is 5.73 Å². The van der Waals surface area contributed by atoms with Crippen LogP contribution in [0.1, 0.15) is 30.1 Å². The van der Waals surface area contributed by atoms with Crippen LogP contribution in [0.5, 0.6) is 0 Å². The van der Waals surface area contributed by atoms with Crippen molar-refractivity contribution in [2.45, 2.75) is 19.4 Å². The van der Waals surface area contributed by atoms with Gasteiger partial charge in [-0.1, -0.05) is 0 Å². The van der Waals surface area contributed by atoms with Gasteiger partial charge in [0.25, 0.3) is 5.24 Å². The van der Waals surface area contributed by atoms with Gasteiger partial charge in [-0.2, -0.15) is 0 Å². The predicted molar refractivity (Wildman–Crippen MR) is 61.4 cm³/mol. The summed E-state index contributed by atoms with van der Waals surface area (Å²) in [6.45, 7) is 3.59. The largest absolute Gasteiger partial charge is 0.439 e. The van der Waals surface area contributed by atoms with E-state index in [9.17, 15) is 4.79 Å². The summed E-state index contributed by atoms with van der Waals surface area (Å²) in [7, 11) is 0. The molecule has 0 bridgehead atoms. The molecule has 2 N–H and O–H groups in total. The molecule has 0 atom stereocenters. The van der Waals surface area contributed by atoms with Gasteiger partial charge < -0.3 is 10.2 Å². The second-order valence-electron chi connectivity index (χ2n) is 4.20. The molecule has 0 amide bonds. The first-order valence-electron chi connectivity index (χ1n) is 4.78. The Morgan fingerprint density at radius 3 is 2.75 bits per heavy atom. The molecule has 16 heavy (non-hydrogen) atoms. The van der Waals surface area contributed by atoms with Crippen molar-refractivity contribution in [2.24, 2.45) is 5.73 Å². The molecule has 1 heterocycles. The van der Waals surface area contributed by atoms with Gasteiger partial charge in [0.2, 0.25) is 5.89 Å². The van der Waals surface area contributed by atoms with Crippen LogP contribution >= 0.6 is 11.6 Å². The van der Waals surface area contributed by atoms with E-state index >= 15 is 0 Å². The molecule has 2 aromatic rings. The first-order chi connectivity index (χ1) is 7.38. The number of hydrogen-bond donors (Lipinski definition) is 1. The monoisotopic (exact) mass is 238 g/mol. The van der Waals surface area contributed by atoms with Gasteiger partial charge in [-0.15, -0.1) is 0 Å². The maximum absolute atomic E-state index is 11.0. The zero-order valence-corrected chi connectivity index (χ0v) is 9.71. The van der Waals surface area contributed by atoms with Crippen molar-refractivity contribution >= 4 is 27.9 Å². The Morgan fingerprint density at radius 2 is 2.19 bits per heavy atom. The van der Waals surface area contributed by atoms with E-state index in [-0.39, 0.29) is 0 Å². The van der Waals surface area contributed by atoms with E-state index < -0.39 is 10.8 Å². The molecule has 0 unspecified atom stereocenters. The fourth-order valence-electron chi connectivity index (χ4n) is 1.33. The Hall–Kier alpha value is -1.39. The number of carbonyl (C=O) groups is 1. The van der Waals surface area contributed by atoms with Crippen LogP contribution in [0.3, 0.4) is 0 Å². The van der Waals surface area contributed by atoms with Crippen molar-refractivity contribution in [2.75, 3.05) is 0 Å². The lowest BCUT2D eigenvalue weighted by Crippen LogP contribution is -2.28. The second kappa shape index (κ2) is 3.57. The van der Waals surface area contributed by atoms with Crippen LogP contribution in [-0.4, -0.2) is 10.2 Å². The SMILES string of the molecule is CC(C)(N)c1nc2cc(C(=O)Cl)ccc2o1. The standard InChI is InChI=1S/C11H11ClN2O2/c1-11(2,13)10-14-7-5-6(9(12)15)3-4-8(7)16-10/h3-5H,13H2,1-2H3. The third kappa shape index (κ3) is 1.94. The minimum atomic E-state index is -0.649. The Kier molecular flexibility index (Phi) is 2.48. The third-order valence-electron chi connectivity index (χ3n) is 2.17. The predicted octanol–water partition coefficient (Wildman–Crippen LogP) is 2.40. The smallest absolute Gasteiger partial charge is 0.252 e. The van der Waals surface area contributed by atoms with Crippen molar-refractivity contribution < 1.29 is 9.21 Å². The maximum atomic E-state index is 11.0. The summed E-state index contributed by atoms with van der Waals surface area (Å²) >= 11 is 5.38. The number of nitrogens with zero attached hydrogens (tertiary/aromatic N) is 1. The summed E-state index contributed by atoms with van der Waals surface area (Å²) in [6.07, 6.45) is 0. The number of oxazole rings is 1. The van der Waals surface area contributed by atoms with Gasteiger partial charge in [0.15, 0.2) is 5.58 Å². The van der Waals surface area contributed by atoms with Crippen LogP contribution in [0.2, 0.25) is 0 Å².